The van der Waals surface area contributed by atoms with Crippen molar-refractivity contribution in [2.24, 2.45) is 5.92 Å². The van der Waals surface area contributed by atoms with Gasteiger partial charge in [-0.05, 0) is 32.1 Å². The highest BCUT2D eigenvalue weighted by Gasteiger charge is 2.45. The second kappa shape index (κ2) is 5.71. The minimum absolute atomic E-state index is 0.0120. The SMILES string of the molecule is CCCn1ncnc1CC1(O)CCC(C(F)(F)F)CC1. The maximum absolute atomic E-state index is 12.6. The Bertz CT molecular complexity index is 436. The van der Waals surface area contributed by atoms with Gasteiger partial charge < -0.3 is 5.11 Å². The largest absolute Gasteiger partial charge is 0.391 e. The van der Waals surface area contributed by atoms with Gasteiger partial charge in [0.05, 0.1) is 11.5 Å². The van der Waals surface area contributed by atoms with Crippen LogP contribution in [0.25, 0.3) is 0 Å². The molecule has 2 rings (SSSR count). The first kappa shape index (κ1) is 15.3. The van der Waals surface area contributed by atoms with E-state index in [0.29, 0.717) is 12.4 Å². The van der Waals surface area contributed by atoms with E-state index in [1.54, 1.807) is 4.68 Å². The summed E-state index contributed by atoms with van der Waals surface area (Å²) in [7, 11) is 0. The predicted molar refractivity (Wildman–Crippen MR) is 67.0 cm³/mol. The summed E-state index contributed by atoms with van der Waals surface area (Å²) in [5.74, 6) is -0.629. The van der Waals surface area contributed by atoms with E-state index < -0.39 is 17.7 Å². The lowest BCUT2D eigenvalue weighted by atomic mass is 9.77. The van der Waals surface area contributed by atoms with Crippen molar-refractivity contribution in [3.63, 3.8) is 0 Å². The number of nitrogens with zero attached hydrogens (tertiary/aromatic N) is 3. The van der Waals surface area contributed by atoms with Crippen LogP contribution < -0.4 is 0 Å². The molecule has 0 aromatic carbocycles. The molecule has 1 aromatic heterocycles. The summed E-state index contributed by atoms with van der Waals surface area (Å²) < 4.78 is 39.6. The highest BCUT2D eigenvalue weighted by molar-refractivity contribution is 4.97. The van der Waals surface area contributed by atoms with Gasteiger partial charge in [-0.3, -0.25) is 4.68 Å². The third-order valence-corrected chi connectivity index (χ3v) is 4.00. The molecule has 0 radical (unpaired) electrons. The molecule has 1 aromatic rings. The van der Waals surface area contributed by atoms with Crippen LogP contribution in [0.15, 0.2) is 6.33 Å². The fraction of sp³-hybridized carbons (Fsp3) is 0.846. The monoisotopic (exact) mass is 291 g/mol. The smallest absolute Gasteiger partial charge is 0.389 e. The van der Waals surface area contributed by atoms with Crippen molar-refractivity contribution in [2.45, 2.75) is 63.8 Å². The third kappa shape index (κ3) is 3.50. The first-order chi connectivity index (χ1) is 9.34. The van der Waals surface area contributed by atoms with Gasteiger partial charge in [0.25, 0.3) is 0 Å². The van der Waals surface area contributed by atoms with E-state index in [0.717, 1.165) is 6.42 Å². The summed E-state index contributed by atoms with van der Waals surface area (Å²) >= 11 is 0. The molecular formula is C13H20F3N3O. The Morgan fingerprint density at radius 1 is 1.40 bits per heavy atom. The standard InChI is InChI=1S/C13H20F3N3O/c1-2-7-19-11(17-9-18-19)8-12(20)5-3-10(4-6-12)13(14,15)16/h9-10,20H,2-8H2,1H3. The summed E-state index contributed by atoms with van der Waals surface area (Å²) in [6.07, 6.45) is -1.25. The summed E-state index contributed by atoms with van der Waals surface area (Å²) in [6.45, 7) is 2.71. The summed E-state index contributed by atoms with van der Waals surface area (Å²) in [5, 5.41) is 14.5. The first-order valence-electron chi connectivity index (χ1n) is 7.00. The van der Waals surface area contributed by atoms with Gasteiger partial charge in [0, 0.05) is 13.0 Å². The van der Waals surface area contributed by atoms with Gasteiger partial charge in [0.2, 0.25) is 0 Å². The van der Waals surface area contributed by atoms with Crippen molar-refractivity contribution in [1.82, 2.24) is 14.8 Å². The van der Waals surface area contributed by atoms with Crippen LogP contribution >= 0.6 is 0 Å². The van der Waals surface area contributed by atoms with Crippen LogP contribution in [0.3, 0.4) is 0 Å². The summed E-state index contributed by atoms with van der Waals surface area (Å²) in [6, 6.07) is 0. The maximum Gasteiger partial charge on any atom is 0.391 e. The quantitative estimate of drug-likeness (QED) is 0.928. The molecule has 0 unspecified atom stereocenters. The number of hydrogen-bond donors (Lipinski definition) is 1. The van der Waals surface area contributed by atoms with Crippen LogP contribution in [0.1, 0.15) is 44.9 Å². The lowest BCUT2D eigenvalue weighted by molar-refractivity contribution is -0.192. The van der Waals surface area contributed by atoms with E-state index in [1.807, 2.05) is 6.92 Å². The van der Waals surface area contributed by atoms with Gasteiger partial charge in [-0.25, -0.2) is 4.98 Å². The molecule has 20 heavy (non-hydrogen) atoms. The van der Waals surface area contributed by atoms with Crippen molar-refractivity contribution in [2.75, 3.05) is 0 Å². The minimum atomic E-state index is -4.15. The van der Waals surface area contributed by atoms with Crippen molar-refractivity contribution < 1.29 is 18.3 Å². The molecule has 1 saturated carbocycles. The molecule has 1 heterocycles. The van der Waals surface area contributed by atoms with Gasteiger partial charge in [-0.15, -0.1) is 0 Å². The number of aryl methyl sites for hydroxylation is 1. The summed E-state index contributed by atoms with van der Waals surface area (Å²) in [5.41, 5.74) is -1.08. The molecule has 0 spiro atoms. The van der Waals surface area contributed by atoms with Crippen LogP contribution in [0.4, 0.5) is 13.2 Å². The van der Waals surface area contributed by atoms with E-state index in [4.69, 9.17) is 0 Å². The van der Waals surface area contributed by atoms with Crippen LogP contribution in [0.2, 0.25) is 0 Å². The second-order valence-corrected chi connectivity index (χ2v) is 5.62. The van der Waals surface area contributed by atoms with E-state index in [-0.39, 0.29) is 32.1 Å². The minimum Gasteiger partial charge on any atom is -0.389 e. The highest BCUT2D eigenvalue weighted by Crippen LogP contribution is 2.41. The zero-order valence-corrected chi connectivity index (χ0v) is 11.5. The van der Waals surface area contributed by atoms with Crippen molar-refractivity contribution in [3.8, 4) is 0 Å². The number of rotatable bonds is 4. The van der Waals surface area contributed by atoms with Crippen LogP contribution in [-0.2, 0) is 13.0 Å². The Morgan fingerprint density at radius 2 is 2.05 bits per heavy atom. The van der Waals surface area contributed by atoms with Crippen molar-refractivity contribution in [1.29, 1.82) is 0 Å². The Morgan fingerprint density at radius 3 is 2.60 bits per heavy atom. The second-order valence-electron chi connectivity index (χ2n) is 5.62. The van der Waals surface area contributed by atoms with Crippen molar-refractivity contribution >= 4 is 0 Å². The fourth-order valence-electron chi connectivity index (χ4n) is 2.78. The van der Waals surface area contributed by atoms with Crippen LogP contribution in [0, 0.1) is 5.92 Å². The Hall–Kier alpha value is -1.11. The van der Waals surface area contributed by atoms with Gasteiger partial charge in [0.15, 0.2) is 0 Å². The maximum atomic E-state index is 12.6. The Labute approximate surface area is 116 Å². The number of aromatic nitrogens is 3. The molecule has 1 N–H and O–H groups in total. The number of hydrogen-bond acceptors (Lipinski definition) is 3. The van der Waals surface area contributed by atoms with E-state index in [9.17, 15) is 18.3 Å². The van der Waals surface area contributed by atoms with E-state index in [1.165, 1.54) is 6.33 Å². The number of aliphatic hydroxyl groups is 1. The molecule has 1 aliphatic carbocycles. The van der Waals surface area contributed by atoms with Gasteiger partial charge in [-0.2, -0.15) is 18.3 Å². The van der Waals surface area contributed by atoms with Gasteiger partial charge in [0.1, 0.15) is 12.2 Å². The highest BCUT2D eigenvalue weighted by atomic mass is 19.4. The molecule has 4 nitrogen and oxygen atoms in total. The molecule has 0 amide bonds. The molecule has 0 bridgehead atoms. The Balaban J connectivity index is 1.98. The Kier molecular flexibility index (Phi) is 4.36. The van der Waals surface area contributed by atoms with Gasteiger partial charge >= 0.3 is 6.18 Å². The van der Waals surface area contributed by atoms with Crippen LogP contribution in [-0.4, -0.2) is 31.6 Å². The van der Waals surface area contributed by atoms with E-state index in [2.05, 4.69) is 10.1 Å². The van der Waals surface area contributed by atoms with Crippen molar-refractivity contribution in [3.05, 3.63) is 12.2 Å². The zero-order chi connectivity index (χ0) is 14.8. The normalized spacial score (nSPS) is 27.8. The molecule has 0 atom stereocenters. The van der Waals surface area contributed by atoms with Crippen LogP contribution in [0.5, 0.6) is 0 Å². The molecular weight excluding hydrogens is 271 g/mol. The topological polar surface area (TPSA) is 50.9 Å². The lowest BCUT2D eigenvalue weighted by Gasteiger charge is -2.36. The molecule has 0 saturated heterocycles. The molecule has 114 valence electrons. The number of alkyl halides is 3. The fourth-order valence-corrected chi connectivity index (χ4v) is 2.78. The molecule has 1 aliphatic rings. The van der Waals surface area contributed by atoms with E-state index >= 15 is 0 Å². The average molecular weight is 291 g/mol. The molecule has 0 aliphatic heterocycles. The summed E-state index contributed by atoms with van der Waals surface area (Å²) in [4.78, 5) is 4.11. The predicted octanol–water partition coefficient (Wildman–Crippen LogP) is 2.71. The lowest BCUT2D eigenvalue weighted by Crippen LogP contribution is -2.40. The van der Waals surface area contributed by atoms with Gasteiger partial charge in [-0.1, -0.05) is 6.92 Å². The molecule has 1 fully saturated rings. The third-order valence-electron chi connectivity index (χ3n) is 4.00. The average Bonchev–Trinajstić information content (AvgIpc) is 2.76. The zero-order valence-electron chi connectivity index (χ0n) is 11.5. The first-order valence-corrected chi connectivity index (χ1v) is 7.00. The number of halogens is 3. The molecule has 7 heteroatoms.